The lowest BCUT2D eigenvalue weighted by atomic mass is 9.95. The zero-order valence-electron chi connectivity index (χ0n) is 11.9. The molecule has 1 fully saturated rings. The lowest BCUT2D eigenvalue weighted by molar-refractivity contribution is 0.0925. The van der Waals surface area contributed by atoms with E-state index in [2.05, 4.69) is 15.6 Å². The summed E-state index contributed by atoms with van der Waals surface area (Å²) >= 11 is 0. The number of aromatic amines is 1. The highest BCUT2D eigenvalue weighted by Crippen LogP contribution is 2.18. The van der Waals surface area contributed by atoms with Crippen LogP contribution in [-0.4, -0.2) is 41.7 Å². The number of carbonyl (C=O) groups excluding carboxylic acids is 1. The van der Waals surface area contributed by atoms with Crippen LogP contribution in [0.25, 0.3) is 0 Å². The molecule has 1 aromatic heterocycles. The van der Waals surface area contributed by atoms with E-state index < -0.39 is 6.10 Å². The Morgan fingerprint density at radius 3 is 2.90 bits per heavy atom. The number of hydrogen-bond acceptors (Lipinski definition) is 4. The number of pyridine rings is 1. The second kappa shape index (κ2) is 5.99. The SMILES string of the molecule is O=C(NCC1CNCC1O)c1cc2c([nH]c1=O)CCCC2. The molecule has 1 aliphatic heterocycles. The van der Waals surface area contributed by atoms with Gasteiger partial charge in [-0.3, -0.25) is 9.59 Å². The van der Waals surface area contributed by atoms with Gasteiger partial charge in [0, 0.05) is 31.2 Å². The Bertz CT molecular complexity index is 596. The van der Waals surface area contributed by atoms with Gasteiger partial charge in [0.1, 0.15) is 5.56 Å². The molecule has 1 aliphatic carbocycles. The van der Waals surface area contributed by atoms with Crippen molar-refractivity contribution in [1.82, 2.24) is 15.6 Å². The van der Waals surface area contributed by atoms with Crippen molar-refractivity contribution in [3.05, 3.63) is 33.2 Å². The van der Waals surface area contributed by atoms with Gasteiger partial charge in [-0.1, -0.05) is 0 Å². The maximum absolute atomic E-state index is 12.2. The summed E-state index contributed by atoms with van der Waals surface area (Å²) < 4.78 is 0. The van der Waals surface area contributed by atoms with E-state index in [0.717, 1.165) is 36.9 Å². The predicted octanol–water partition coefficient (Wildman–Crippen LogP) is -0.436. The van der Waals surface area contributed by atoms with Crippen LogP contribution < -0.4 is 16.2 Å². The second-order valence-corrected chi connectivity index (χ2v) is 5.92. The van der Waals surface area contributed by atoms with Gasteiger partial charge in [0.2, 0.25) is 0 Å². The Balaban J connectivity index is 1.71. The van der Waals surface area contributed by atoms with Gasteiger partial charge in [0.05, 0.1) is 6.10 Å². The third kappa shape index (κ3) is 3.01. The molecule has 6 heteroatoms. The summed E-state index contributed by atoms with van der Waals surface area (Å²) in [6.45, 7) is 1.62. The highest BCUT2D eigenvalue weighted by Gasteiger charge is 2.25. The van der Waals surface area contributed by atoms with Crippen molar-refractivity contribution in [3.63, 3.8) is 0 Å². The van der Waals surface area contributed by atoms with E-state index in [1.165, 1.54) is 0 Å². The Labute approximate surface area is 123 Å². The third-order valence-electron chi connectivity index (χ3n) is 4.41. The summed E-state index contributed by atoms with van der Waals surface area (Å²) in [5.74, 6) is -0.352. The third-order valence-corrected chi connectivity index (χ3v) is 4.41. The summed E-state index contributed by atoms with van der Waals surface area (Å²) in [5.41, 5.74) is 1.90. The minimum Gasteiger partial charge on any atom is -0.391 e. The number of aliphatic hydroxyl groups is 1. The highest BCUT2D eigenvalue weighted by molar-refractivity contribution is 5.94. The van der Waals surface area contributed by atoms with Gasteiger partial charge in [-0.05, 0) is 37.3 Å². The summed E-state index contributed by atoms with van der Waals surface area (Å²) in [5, 5.41) is 15.5. The number of β-amino-alcohol motifs (C(OH)–C–C–N with tert-alkyl or cyclic N) is 1. The molecule has 2 atom stereocenters. The van der Waals surface area contributed by atoms with Gasteiger partial charge in [-0.2, -0.15) is 0 Å². The molecule has 21 heavy (non-hydrogen) atoms. The maximum Gasteiger partial charge on any atom is 0.261 e. The van der Waals surface area contributed by atoms with Gasteiger partial charge in [0.25, 0.3) is 11.5 Å². The van der Waals surface area contributed by atoms with Crippen LogP contribution in [0.2, 0.25) is 0 Å². The molecule has 1 aromatic rings. The van der Waals surface area contributed by atoms with Crippen molar-refractivity contribution in [2.45, 2.75) is 31.8 Å². The highest BCUT2D eigenvalue weighted by atomic mass is 16.3. The van der Waals surface area contributed by atoms with Crippen LogP contribution in [-0.2, 0) is 12.8 Å². The van der Waals surface area contributed by atoms with Crippen LogP contribution in [0, 0.1) is 5.92 Å². The Hall–Kier alpha value is -1.66. The van der Waals surface area contributed by atoms with Crippen LogP contribution in [0.4, 0.5) is 0 Å². The molecule has 1 saturated heterocycles. The van der Waals surface area contributed by atoms with Gasteiger partial charge < -0.3 is 20.7 Å². The number of nitrogens with one attached hydrogen (secondary N) is 3. The number of hydrogen-bond donors (Lipinski definition) is 4. The predicted molar refractivity (Wildman–Crippen MR) is 78.4 cm³/mol. The first-order valence-electron chi connectivity index (χ1n) is 7.57. The monoisotopic (exact) mass is 291 g/mol. The topological polar surface area (TPSA) is 94.2 Å². The van der Waals surface area contributed by atoms with Crippen LogP contribution >= 0.6 is 0 Å². The summed E-state index contributed by atoms with van der Waals surface area (Å²) in [6, 6.07) is 1.73. The summed E-state index contributed by atoms with van der Waals surface area (Å²) in [6.07, 6.45) is 3.54. The fourth-order valence-corrected chi connectivity index (χ4v) is 3.09. The molecule has 4 N–H and O–H groups in total. The lowest BCUT2D eigenvalue weighted by Gasteiger charge is -2.17. The minimum absolute atomic E-state index is 0.00524. The second-order valence-electron chi connectivity index (χ2n) is 5.92. The molecule has 6 nitrogen and oxygen atoms in total. The van der Waals surface area contributed by atoms with Crippen molar-refractivity contribution in [2.24, 2.45) is 5.92 Å². The first-order chi connectivity index (χ1) is 10.1. The fraction of sp³-hybridized carbons (Fsp3) is 0.600. The molecule has 0 aromatic carbocycles. The number of aryl methyl sites for hydroxylation is 2. The van der Waals surface area contributed by atoms with Crippen LogP contribution in [0.1, 0.15) is 34.5 Å². The van der Waals surface area contributed by atoms with E-state index >= 15 is 0 Å². The Morgan fingerprint density at radius 1 is 1.33 bits per heavy atom. The molecule has 2 aliphatic rings. The normalized spacial score (nSPS) is 24.6. The zero-order chi connectivity index (χ0) is 14.8. The number of fused-ring (bicyclic) bond motifs is 1. The van der Waals surface area contributed by atoms with Crippen LogP contribution in [0.3, 0.4) is 0 Å². The molecule has 0 bridgehead atoms. The first-order valence-corrected chi connectivity index (χ1v) is 7.57. The minimum atomic E-state index is -0.438. The van der Waals surface area contributed by atoms with E-state index in [1.54, 1.807) is 6.07 Å². The molecule has 3 rings (SSSR count). The Kier molecular flexibility index (Phi) is 4.07. The average molecular weight is 291 g/mol. The molecule has 2 unspecified atom stereocenters. The Morgan fingerprint density at radius 2 is 2.14 bits per heavy atom. The zero-order valence-corrected chi connectivity index (χ0v) is 11.9. The van der Waals surface area contributed by atoms with Gasteiger partial charge in [-0.25, -0.2) is 0 Å². The number of amides is 1. The van der Waals surface area contributed by atoms with Crippen molar-refractivity contribution in [2.75, 3.05) is 19.6 Å². The molecule has 0 saturated carbocycles. The number of carbonyl (C=O) groups is 1. The molecule has 0 radical (unpaired) electrons. The average Bonchev–Trinajstić information content (AvgIpc) is 2.89. The fourth-order valence-electron chi connectivity index (χ4n) is 3.09. The van der Waals surface area contributed by atoms with Gasteiger partial charge >= 0.3 is 0 Å². The van der Waals surface area contributed by atoms with Crippen molar-refractivity contribution < 1.29 is 9.90 Å². The van der Waals surface area contributed by atoms with Gasteiger partial charge in [-0.15, -0.1) is 0 Å². The number of aliphatic hydroxyl groups excluding tert-OH is 1. The molecular formula is C15H21N3O3. The largest absolute Gasteiger partial charge is 0.391 e. The van der Waals surface area contributed by atoms with Crippen molar-refractivity contribution >= 4 is 5.91 Å². The van der Waals surface area contributed by atoms with E-state index in [-0.39, 0.29) is 22.9 Å². The first kappa shape index (κ1) is 14.3. The van der Waals surface area contributed by atoms with Crippen molar-refractivity contribution in [3.8, 4) is 0 Å². The number of rotatable bonds is 3. The van der Waals surface area contributed by atoms with Crippen molar-refractivity contribution in [1.29, 1.82) is 0 Å². The summed E-state index contributed by atoms with van der Waals surface area (Å²) in [4.78, 5) is 27.0. The summed E-state index contributed by atoms with van der Waals surface area (Å²) in [7, 11) is 0. The molecule has 2 heterocycles. The standard InChI is InChI=1S/C15H21N3O3/c19-13-8-16-6-10(13)7-17-14(20)11-5-9-3-1-2-4-12(9)18-15(11)21/h5,10,13,16,19H,1-4,6-8H2,(H,17,20)(H,18,21). The molecule has 114 valence electrons. The van der Waals surface area contributed by atoms with E-state index in [9.17, 15) is 14.7 Å². The van der Waals surface area contributed by atoms with Crippen LogP contribution in [0.15, 0.2) is 10.9 Å². The molecular weight excluding hydrogens is 270 g/mol. The number of aromatic nitrogens is 1. The molecule has 1 amide bonds. The smallest absolute Gasteiger partial charge is 0.261 e. The van der Waals surface area contributed by atoms with E-state index in [4.69, 9.17) is 0 Å². The molecule has 0 spiro atoms. The lowest BCUT2D eigenvalue weighted by Crippen LogP contribution is -2.37. The quantitative estimate of drug-likeness (QED) is 0.607. The van der Waals surface area contributed by atoms with E-state index in [0.29, 0.717) is 19.6 Å². The maximum atomic E-state index is 12.2. The van der Waals surface area contributed by atoms with E-state index in [1.807, 2.05) is 0 Å². The van der Waals surface area contributed by atoms with Crippen LogP contribution in [0.5, 0.6) is 0 Å². The van der Waals surface area contributed by atoms with Gasteiger partial charge in [0.15, 0.2) is 0 Å². The number of H-pyrrole nitrogens is 1.